The van der Waals surface area contributed by atoms with E-state index >= 15 is 0 Å². The van der Waals surface area contributed by atoms with Gasteiger partial charge >= 0.3 is 0 Å². The summed E-state index contributed by atoms with van der Waals surface area (Å²) in [5.41, 5.74) is 11.0. The summed E-state index contributed by atoms with van der Waals surface area (Å²) in [6, 6.07) is 61.5. The molecule has 0 saturated heterocycles. The van der Waals surface area contributed by atoms with Gasteiger partial charge < -0.3 is 9.47 Å². The number of para-hydroxylation sites is 2. The van der Waals surface area contributed by atoms with Crippen LogP contribution < -0.4 is 4.90 Å². The largest absolute Gasteiger partial charge is 0.311 e. The lowest BCUT2D eigenvalue weighted by Crippen LogP contribution is -2.10. The average molecular weight is 615 g/mol. The minimum absolute atomic E-state index is 0.354. The molecule has 228 valence electrons. The summed E-state index contributed by atoms with van der Waals surface area (Å²) in [7, 11) is 0. The van der Waals surface area contributed by atoms with Gasteiger partial charge in [0, 0.05) is 39.4 Å². The summed E-state index contributed by atoms with van der Waals surface area (Å²) >= 11 is 0. The van der Waals surface area contributed by atoms with E-state index in [1.165, 1.54) is 49.3 Å². The Bertz CT molecular complexity index is 2450. The number of hydrogen-bond donors (Lipinski definition) is 0. The molecular formula is C46H34N2. The van der Waals surface area contributed by atoms with Crippen molar-refractivity contribution in [3.8, 4) is 5.69 Å². The highest BCUT2D eigenvalue weighted by atomic mass is 15.1. The van der Waals surface area contributed by atoms with Gasteiger partial charge in [-0.05, 0) is 94.6 Å². The number of anilines is 3. The molecule has 1 heterocycles. The molecule has 9 rings (SSSR count). The van der Waals surface area contributed by atoms with Gasteiger partial charge in [-0.1, -0.05) is 127 Å². The zero-order valence-corrected chi connectivity index (χ0v) is 26.6. The summed E-state index contributed by atoms with van der Waals surface area (Å²) in [4.78, 5) is 2.35. The van der Waals surface area contributed by atoms with Gasteiger partial charge in [0.25, 0.3) is 0 Å². The Balaban J connectivity index is 1.08. The van der Waals surface area contributed by atoms with Gasteiger partial charge in [0.05, 0.1) is 11.0 Å². The van der Waals surface area contributed by atoms with E-state index in [1.807, 2.05) is 0 Å². The fourth-order valence-electron chi connectivity index (χ4n) is 7.44. The van der Waals surface area contributed by atoms with Crippen LogP contribution >= 0.6 is 0 Å². The van der Waals surface area contributed by atoms with E-state index in [0.717, 1.165) is 29.2 Å². The highest BCUT2D eigenvalue weighted by Gasteiger charge is 2.18. The van der Waals surface area contributed by atoms with E-state index in [9.17, 15) is 0 Å². The molecule has 2 heteroatoms. The first-order chi connectivity index (χ1) is 23.8. The van der Waals surface area contributed by atoms with Gasteiger partial charge in [-0.3, -0.25) is 0 Å². The van der Waals surface area contributed by atoms with Crippen LogP contribution in [0.15, 0.2) is 188 Å². The fourth-order valence-corrected chi connectivity index (χ4v) is 7.44. The lowest BCUT2D eigenvalue weighted by atomic mass is 9.85. The summed E-state index contributed by atoms with van der Waals surface area (Å²) < 4.78 is 2.40. The summed E-state index contributed by atoms with van der Waals surface area (Å²) in [6.07, 6.45) is 7.79. The Morgan fingerprint density at radius 3 is 1.90 bits per heavy atom. The van der Waals surface area contributed by atoms with Crippen LogP contribution in [-0.2, 0) is 0 Å². The fraction of sp³-hybridized carbons (Fsp3) is 0.0435. The summed E-state index contributed by atoms with van der Waals surface area (Å²) in [5, 5.41) is 5.13. The van der Waals surface area contributed by atoms with E-state index in [4.69, 9.17) is 0 Å². The third kappa shape index (κ3) is 4.90. The molecule has 0 fully saturated rings. The van der Waals surface area contributed by atoms with E-state index < -0.39 is 0 Å². The first-order valence-corrected chi connectivity index (χ1v) is 16.7. The second-order valence-corrected chi connectivity index (χ2v) is 12.6. The van der Waals surface area contributed by atoms with Gasteiger partial charge in [-0.25, -0.2) is 0 Å². The quantitative estimate of drug-likeness (QED) is 0.181. The highest BCUT2D eigenvalue weighted by Crippen LogP contribution is 2.40. The number of hydrogen-bond acceptors (Lipinski definition) is 1. The SMILES string of the molecule is C1=CC(c2ccc(N(c3ccccc3)c3ccc(-n4c5ccccc5c5c6ccccc6ccc54)cc3)cc2)CC(c2ccccc2)=C1. The molecule has 48 heavy (non-hydrogen) atoms. The highest BCUT2D eigenvalue weighted by molar-refractivity contribution is 6.21. The number of rotatable bonds is 6. The molecule has 2 nitrogen and oxygen atoms in total. The van der Waals surface area contributed by atoms with Crippen LogP contribution in [-0.4, -0.2) is 4.57 Å². The van der Waals surface area contributed by atoms with Crippen molar-refractivity contribution in [3.63, 3.8) is 0 Å². The second-order valence-electron chi connectivity index (χ2n) is 12.6. The maximum atomic E-state index is 2.40. The van der Waals surface area contributed by atoms with Crippen LogP contribution in [0.25, 0.3) is 43.8 Å². The minimum atomic E-state index is 0.354. The van der Waals surface area contributed by atoms with Gasteiger partial charge in [-0.2, -0.15) is 0 Å². The Kier molecular flexibility index (Phi) is 6.98. The van der Waals surface area contributed by atoms with Gasteiger partial charge in [0.2, 0.25) is 0 Å². The van der Waals surface area contributed by atoms with Crippen LogP contribution in [0.5, 0.6) is 0 Å². The Hall–Kier alpha value is -6.12. The molecule has 0 radical (unpaired) electrons. The van der Waals surface area contributed by atoms with Crippen molar-refractivity contribution in [3.05, 3.63) is 199 Å². The number of benzene rings is 7. The number of allylic oxidation sites excluding steroid dienone is 4. The molecule has 0 saturated carbocycles. The van der Waals surface area contributed by atoms with E-state index in [2.05, 4.69) is 198 Å². The van der Waals surface area contributed by atoms with E-state index in [1.54, 1.807) is 0 Å². The van der Waals surface area contributed by atoms with Crippen LogP contribution in [0.1, 0.15) is 23.5 Å². The van der Waals surface area contributed by atoms with Gasteiger partial charge in [0.15, 0.2) is 0 Å². The maximum Gasteiger partial charge on any atom is 0.0547 e. The predicted molar refractivity (Wildman–Crippen MR) is 204 cm³/mol. The van der Waals surface area contributed by atoms with Crippen molar-refractivity contribution < 1.29 is 0 Å². The van der Waals surface area contributed by atoms with Crippen molar-refractivity contribution >= 4 is 55.2 Å². The molecule has 0 N–H and O–H groups in total. The predicted octanol–water partition coefficient (Wildman–Crippen LogP) is 12.5. The molecule has 1 aliphatic rings. The zero-order valence-electron chi connectivity index (χ0n) is 26.6. The monoisotopic (exact) mass is 614 g/mol. The van der Waals surface area contributed by atoms with Crippen LogP contribution in [0.2, 0.25) is 0 Å². The molecule has 0 aliphatic heterocycles. The van der Waals surface area contributed by atoms with Crippen molar-refractivity contribution in [1.82, 2.24) is 4.57 Å². The van der Waals surface area contributed by atoms with Crippen LogP contribution in [0, 0.1) is 0 Å². The van der Waals surface area contributed by atoms with E-state index in [0.29, 0.717) is 5.92 Å². The lowest BCUT2D eigenvalue weighted by molar-refractivity contribution is 0.867. The first-order valence-electron chi connectivity index (χ1n) is 16.7. The topological polar surface area (TPSA) is 8.17 Å². The van der Waals surface area contributed by atoms with E-state index in [-0.39, 0.29) is 0 Å². The van der Waals surface area contributed by atoms with Crippen molar-refractivity contribution in [2.75, 3.05) is 4.90 Å². The molecule has 0 bridgehead atoms. The number of aromatic nitrogens is 1. The number of fused-ring (bicyclic) bond motifs is 5. The Labute approximate surface area is 281 Å². The lowest BCUT2D eigenvalue weighted by Gasteiger charge is -2.26. The molecule has 1 aliphatic carbocycles. The normalized spacial score (nSPS) is 14.4. The molecule has 1 atom stereocenters. The minimum Gasteiger partial charge on any atom is -0.311 e. The second kappa shape index (κ2) is 11.9. The first kappa shape index (κ1) is 28.1. The van der Waals surface area contributed by atoms with Gasteiger partial charge in [-0.15, -0.1) is 0 Å². The third-order valence-electron chi connectivity index (χ3n) is 9.75. The van der Waals surface area contributed by atoms with Gasteiger partial charge in [0.1, 0.15) is 0 Å². The Morgan fingerprint density at radius 1 is 0.500 bits per heavy atom. The average Bonchev–Trinajstić information content (AvgIpc) is 3.51. The molecule has 7 aromatic carbocycles. The number of nitrogens with zero attached hydrogens (tertiary/aromatic N) is 2. The maximum absolute atomic E-state index is 2.40. The van der Waals surface area contributed by atoms with Crippen molar-refractivity contribution in [1.29, 1.82) is 0 Å². The smallest absolute Gasteiger partial charge is 0.0547 e. The molecular weight excluding hydrogens is 581 g/mol. The summed E-state index contributed by atoms with van der Waals surface area (Å²) in [6.45, 7) is 0. The zero-order chi connectivity index (χ0) is 31.9. The molecule has 8 aromatic rings. The molecule has 0 spiro atoms. The van der Waals surface area contributed by atoms with Crippen molar-refractivity contribution in [2.24, 2.45) is 0 Å². The van der Waals surface area contributed by atoms with Crippen molar-refractivity contribution in [2.45, 2.75) is 12.3 Å². The third-order valence-corrected chi connectivity index (χ3v) is 9.75. The molecule has 1 unspecified atom stereocenters. The summed E-state index contributed by atoms with van der Waals surface area (Å²) in [5.74, 6) is 0.354. The molecule has 1 aromatic heterocycles. The standard InChI is InChI=1S/C46H34N2/c1-3-12-33(13-4-1)36-15-11-16-37(32-36)34-22-25-39(26-23-34)47(38-17-5-2-6-18-38)40-27-29-41(30-28-40)48-44-21-10-9-20-43(44)46-42-19-8-7-14-35(42)24-31-45(46)48/h1-31,37H,32H2. The van der Waals surface area contributed by atoms with Crippen LogP contribution in [0.4, 0.5) is 17.1 Å². The Morgan fingerprint density at radius 2 is 1.12 bits per heavy atom. The molecule has 0 amide bonds. The van der Waals surface area contributed by atoms with Crippen LogP contribution in [0.3, 0.4) is 0 Å².